The molecular weight excluding hydrogens is 195 g/mol. The van der Waals surface area contributed by atoms with Crippen LogP contribution in [0.4, 0.5) is 0 Å². The average Bonchev–Trinajstić information content (AvgIpc) is 2.47. The molecule has 2 rings (SSSR count). The molecule has 1 aromatic carbocycles. The Balaban J connectivity index is 2.70. The molecule has 0 saturated heterocycles. The second-order valence-corrected chi connectivity index (χ2v) is 4.61. The largest absolute Gasteiger partial charge is 0.499 e. The molecule has 2 aromatic rings. The fraction of sp³-hybridized carbons (Fsp3) is 0.200. The van der Waals surface area contributed by atoms with Gasteiger partial charge in [-0.05, 0) is 30.9 Å². The molecule has 0 aliphatic rings. The van der Waals surface area contributed by atoms with Gasteiger partial charge < -0.3 is 10.0 Å². The van der Waals surface area contributed by atoms with Gasteiger partial charge in [0.25, 0.3) is 0 Å². The molecule has 0 aliphatic heterocycles. The van der Waals surface area contributed by atoms with Crippen molar-refractivity contribution in [3.63, 3.8) is 0 Å². The summed E-state index contributed by atoms with van der Waals surface area (Å²) in [7, 11) is -1.35. The Morgan fingerprint density at radius 2 is 1.86 bits per heavy atom. The van der Waals surface area contributed by atoms with Crippen LogP contribution >= 0.6 is 11.3 Å². The molecule has 0 spiro atoms. The summed E-state index contributed by atoms with van der Waals surface area (Å²) in [5.74, 6) is 0. The van der Waals surface area contributed by atoms with E-state index in [1.54, 1.807) is 0 Å². The molecule has 0 fully saturated rings. The zero-order valence-corrected chi connectivity index (χ0v) is 8.93. The van der Waals surface area contributed by atoms with Gasteiger partial charge in [-0.25, -0.2) is 0 Å². The highest BCUT2D eigenvalue weighted by Gasteiger charge is 2.15. The Bertz CT molecular complexity index is 476. The number of hydrogen-bond donors (Lipinski definition) is 2. The van der Waals surface area contributed by atoms with Gasteiger partial charge in [-0.3, -0.25) is 0 Å². The minimum Gasteiger partial charge on any atom is -0.423 e. The van der Waals surface area contributed by atoms with Gasteiger partial charge in [0.2, 0.25) is 0 Å². The van der Waals surface area contributed by atoms with Crippen molar-refractivity contribution < 1.29 is 10.0 Å². The molecule has 1 aromatic heterocycles. The van der Waals surface area contributed by atoms with Gasteiger partial charge in [-0.1, -0.05) is 17.7 Å². The standard InChI is InChI=1S/C10H11BO2S/c1-6-3-7(2)10-8(4-6)5-9(14-10)11(12)13/h3-5,12-13H,1-2H3. The first-order valence-corrected chi connectivity index (χ1v) is 5.26. The van der Waals surface area contributed by atoms with Gasteiger partial charge in [0, 0.05) is 9.48 Å². The molecule has 0 atom stereocenters. The van der Waals surface area contributed by atoms with Crippen molar-refractivity contribution in [3.05, 3.63) is 29.3 Å². The van der Waals surface area contributed by atoms with Crippen LogP contribution in [0, 0.1) is 13.8 Å². The van der Waals surface area contributed by atoms with Crippen molar-refractivity contribution in [1.82, 2.24) is 0 Å². The minimum atomic E-state index is -1.35. The van der Waals surface area contributed by atoms with E-state index in [9.17, 15) is 0 Å². The van der Waals surface area contributed by atoms with Crippen LogP contribution in [-0.2, 0) is 0 Å². The lowest BCUT2D eigenvalue weighted by Crippen LogP contribution is -2.26. The Morgan fingerprint density at radius 1 is 1.14 bits per heavy atom. The molecule has 0 amide bonds. The van der Waals surface area contributed by atoms with Gasteiger partial charge in [0.05, 0.1) is 0 Å². The van der Waals surface area contributed by atoms with E-state index in [2.05, 4.69) is 12.1 Å². The van der Waals surface area contributed by atoms with Crippen LogP contribution < -0.4 is 4.78 Å². The van der Waals surface area contributed by atoms with Gasteiger partial charge in [0.1, 0.15) is 0 Å². The molecule has 0 radical (unpaired) electrons. The minimum absolute atomic E-state index is 0.605. The van der Waals surface area contributed by atoms with E-state index in [0.29, 0.717) is 4.78 Å². The van der Waals surface area contributed by atoms with Crippen LogP contribution in [0.1, 0.15) is 11.1 Å². The monoisotopic (exact) mass is 206 g/mol. The third kappa shape index (κ3) is 1.56. The number of benzene rings is 1. The van der Waals surface area contributed by atoms with E-state index in [1.807, 2.05) is 19.9 Å². The van der Waals surface area contributed by atoms with E-state index in [0.717, 1.165) is 10.1 Å². The Kier molecular flexibility index (Phi) is 2.35. The summed E-state index contributed by atoms with van der Waals surface area (Å²) in [5, 5.41) is 19.2. The van der Waals surface area contributed by atoms with Crippen LogP contribution in [-0.4, -0.2) is 17.2 Å². The molecule has 0 unspecified atom stereocenters. The van der Waals surface area contributed by atoms with Crippen molar-refractivity contribution in [2.45, 2.75) is 13.8 Å². The zero-order valence-electron chi connectivity index (χ0n) is 8.11. The van der Waals surface area contributed by atoms with Crippen molar-refractivity contribution >= 4 is 33.3 Å². The summed E-state index contributed by atoms with van der Waals surface area (Å²) in [5.41, 5.74) is 2.39. The fourth-order valence-corrected chi connectivity index (χ4v) is 2.64. The number of hydrogen-bond acceptors (Lipinski definition) is 3. The molecule has 72 valence electrons. The molecule has 0 bridgehead atoms. The van der Waals surface area contributed by atoms with Crippen molar-refractivity contribution in [2.75, 3.05) is 0 Å². The summed E-state index contributed by atoms with van der Waals surface area (Å²) in [6.07, 6.45) is 0. The van der Waals surface area contributed by atoms with Crippen LogP contribution in [0.3, 0.4) is 0 Å². The van der Waals surface area contributed by atoms with Crippen molar-refractivity contribution in [2.24, 2.45) is 0 Å². The van der Waals surface area contributed by atoms with Crippen molar-refractivity contribution in [3.8, 4) is 0 Å². The molecule has 0 saturated carbocycles. The smallest absolute Gasteiger partial charge is 0.423 e. The maximum absolute atomic E-state index is 9.05. The van der Waals surface area contributed by atoms with E-state index in [-0.39, 0.29) is 0 Å². The normalized spacial score (nSPS) is 10.9. The van der Waals surface area contributed by atoms with E-state index in [1.165, 1.54) is 22.5 Å². The average molecular weight is 206 g/mol. The molecule has 1 heterocycles. The number of aryl methyl sites for hydroxylation is 2. The highest BCUT2D eigenvalue weighted by Crippen LogP contribution is 2.24. The first-order chi connectivity index (χ1) is 6.58. The maximum atomic E-state index is 9.05. The van der Waals surface area contributed by atoms with Crippen LogP contribution in [0.5, 0.6) is 0 Å². The SMILES string of the molecule is Cc1cc(C)c2sc(B(O)O)cc2c1. The summed E-state index contributed by atoms with van der Waals surface area (Å²) in [6.45, 7) is 4.08. The molecule has 2 nitrogen and oxygen atoms in total. The highest BCUT2D eigenvalue weighted by atomic mass is 32.1. The number of rotatable bonds is 1. The van der Waals surface area contributed by atoms with E-state index >= 15 is 0 Å². The highest BCUT2D eigenvalue weighted by molar-refractivity contribution is 7.28. The quantitative estimate of drug-likeness (QED) is 0.688. The third-order valence-electron chi connectivity index (χ3n) is 2.22. The van der Waals surface area contributed by atoms with Gasteiger partial charge >= 0.3 is 7.12 Å². The molecule has 2 N–H and O–H groups in total. The van der Waals surface area contributed by atoms with E-state index < -0.39 is 7.12 Å². The lowest BCUT2D eigenvalue weighted by Gasteiger charge is -1.97. The lowest BCUT2D eigenvalue weighted by molar-refractivity contribution is 0.427. The molecule has 4 heteroatoms. The Morgan fingerprint density at radius 3 is 2.50 bits per heavy atom. The van der Waals surface area contributed by atoms with Crippen LogP contribution in [0.15, 0.2) is 18.2 Å². The summed E-state index contributed by atoms with van der Waals surface area (Å²) in [4.78, 5) is 0. The van der Waals surface area contributed by atoms with Crippen molar-refractivity contribution in [1.29, 1.82) is 0 Å². The topological polar surface area (TPSA) is 40.5 Å². The Hall–Kier alpha value is -0.835. The summed E-state index contributed by atoms with van der Waals surface area (Å²) < 4.78 is 1.74. The number of fused-ring (bicyclic) bond motifs is 1. The predicted molar refractivity (Wildman–Crippen MR) is 61.1 cm³/mol. The van der Waals surface area contributed by atoms with Gasteiger partial charge in [-0.2, -0.15) is 0 Å². The number of thiophene rings is 1. The first kappa shape index (κ1) is 9.71. The maximum Gasteiger partial charge on any atom is 0.499 e. The second kappa shape index (κ2) is 3.39. The lowest BCUT2D eigenvalue weighted by atomic mass is 9.89. The first-order valence-electron chi connectivity index (χ1n) is 4.45. The Labute approximate surface area is 87.0 Å². The molecule has 14 heavy (non-hydrogen) atoms. The molecular formula is C10H11BO2S. The summed E-state index contributed by atoms with van der Waals surface area (Å²) in [6, 6.07) is 6.00. The zero-order chi connectivity index (χ0) is 10.3. The van der Waals surface area contributed by atoms with Crippen LogP contribution in [0.2, 0.25) is 0 Å². The second-order valence-electron chi connectivity index (χ2n) is 3.52. The third-order valence-corrected chi connectivity index (χ3v) is 3.55. The molecule has 0 aliphatic carbocycles. The van der Waals surface area contributed by atoms with Gasteiger partial charge in [-0.15, -0.1) is 11.3 Å². The summed E-state index contributed by atoms with van der Waals surface area (Å²) >= 11 is 1.44. The van der Waals surface area contributed by atoms with E-state index in [4.69, 9.17) is 10.0 Å². The predicted octanol–water partition coefficient (Wildman–Crippen LogP) is 1.20. The van der Waals surface area contributed by atoms with Gasteiger partial charge in [0.15, 0.2) is 0 Å². The fourth-order valence-electron chi connectivity index (χ4n) is 1.66. The van der Waals surface area contributed by atoms with Crippen LogP contribution in [0.25, 0.3) is 10.1 Å².